The number of rotatable bonds is 10. The largest absolute Gasteiger partial charge is 0.438 e. The van der Waals surface area contributed by atoms with Gasteiger partial charge in [-0.15, -0.1) is 0 Å². The van der Waals surface area contributed by atoms with Gasteiger partial charge in [0.25, 0.3) is 5.91 Å². The molecule has 37 heavy (non-hydrogen) atoms. The standard InChI is InChI=1S/C31H36ClN3O2/c32-25-11-13-26(14-12-25)37-30-27(9-7-20-34-30)29(36)33-19-5-1-2-6-21-35-22-17-31(18-23-35)16-15-24-8-3-4-10-28(24)31/h3-4,7-14,20H,1-2,5-6,15-19,21-23H2,(H,33,36). The zero-order chi connectivity index (χ0) is 25.5. The van der Waals surface area contributed by atoms with Gasteiger partial charge in [-0.25, -0.2) is 4.98 Å². The van der Waals surface area contributed by atoms with Crippen LogP contribution in [0.5, 0.6) is 11.6 Å². The zero-order valence-electron chi connectivity index (χ0n) is 21.4. The van der Waals surface area contributed by atoms with Gasteiger partial charge in [0, 0.05) is 17.8 Å². The SMILES string of the molecule is O=C(NCCCCCCN1CCC2(CCc3ccccc32)CC1)c1cccnc1Oc1ccc(Cl)cc1. The van der Waals surface area contributed by atoms with Gasteiger partial charge >= 0.3 is 0 Å². The van der Waals surface area contributed by atoms with E-state index in [1.165, 1.54) is 58.2 Å². The highest BCUT2D eigenvalue weighted by atomic mass is 35.5. The summed E-state index contributed by atoms with van der Waals surface area (Å²) < 4.78 is 5.82. The number of aryl methyl sites for hydroxylation is 1. The first kappa shape index (κ1) is 25.7. The highest BCUT2D eigenvalue weighted by Gasteiger charge is 2.40. The second kappa shape index (κ2) is 12.1. The fraction of sp³-hybridized carbons (Fsp3) is 0.419. The van der Waals surface area contributed by atoms with Gasteiger partial charge in [-0.05, 0) is 111 Å². The maximum Gasteiger partial charge on any atom is 0.256 e. The first-order valence-electron chi connectivity index (χ1n) is 13.6. The van der Waals surface area contributed by atoms with Crippen LogP contribution in [0.3, 0.4) is 0 Å². The number of halogens is 1. The smallest absolute Gasteiger partial charge is 0.256 e. The van der Waals surface area contributed by atoms with Gasteiger partial charge in [0.05, 0.1) is 0 Å². The normalized spacial score (nSPS) is 16.5. The molecule has 0 unspecified atom stereocenters. The molecule has 5 nitrogen and oxygen atoms in total. The fourth-order valence-corrected chi connectivity index (χ4v) is 5.98. The third-order valence-corrected chi connectivity index (χ3v) is 8.26. The summed E-state index contributed by atoms with van der Waals surface area (Å²) in [5, 5.41) is 3.65. The molecule has 1 aromatic heterocycles. The van der Waals surface area contributed by atoms with Crippen molar-refractivity contribution in [3.8, 4) is 11.6 Å². The van der Waals surface area contributed by atoms with Gasteiger partial charge in [0.15, 0.2) is 0 Å². The number of hydrogen-bond donors (Lipinski definition) is 1. The topological polar surface area (TPSA) is 54.5 Å². The minimum atomic E-state index is -0.159. The third-order valence-electron chi connectivity index (χ3n) is 8.01. The average molecular weight is 518 g/mol. The number of ether oxygens (including phenoxy) is 1. The van der Waals surface area contributed by atoms with Crippen molar-refractivity contribution in [2.24, 2.45) is 0 Å². The first-order valence-corrected chi connectivity index (χ1v) is 14.0. The molecule has 0 bridgehead atoms. The molecule has 1 saturated heterocycles. The van der Waals surface area contributed by atoms with Crippen molar-refractivity contribution in [2.45, 2.75) is 56.8 Å². The number of pyridine rings is 1. The van der Waals surface area contributed by atoms with E-state index in [0.717, 1.165) is 12.8 Å². The summed E-state index contributed by atoms with van der Waals surface area (Å²) in [4.78, 5) is 19.6. The number of nitrogens with zero attached hydrogens (tertiary/aromatic N) is 2. The summed E-state index contributed by atoms with van der Waals surface area (Å²) in [5.74, 6) is 0.730. The number of nitrogens with one attached hydrogen (secondary N) is 1. The molecule has 0 saturated carbocycles. The van der Waals surface area contributed by atoms with E-state index in [9.17, 15) is 4.79 Å². The molecule has 1 aliphatic carbocycles. The number of benzene rings is 2. The van der Waals surface area contributed by atoms with Crippen LogP contribution in [0.1, 0.15) is 66.4 Å². The van der Waals surface area contributed by atoms with Crippen LogP contribution in [-0.4, -0.2) is 42.0 Å². The van der Waals surface area contributed by atoms with Gasteiger partial charge in [0.2, 0.25) is 5.88 Å². The van der Waals surface area contributed by atoms with Crippen LogP contribution in [0.25, 0.3) is 0 Å². The lowest BCUT2D eigenvalue weighted by Gasteiger charge is -2.40. The predicted octanol–water partition coefficient (Wildman–Crippen LogP) is 6.80. The first-order chi connectivity index (χ1) is 18.1. The average Bonchev–Trinajstić information content (AvgIpc) is 3.28. The summed E-state index contributed by atoms with van der Waals surface area (Å²) >= 11 is 5.94. The molecule has 0 atom stereocenters. The zero-order valence-corrected chi connectivity index (χ0v) is 22.2. The Kier molecular flexibility index (Phi) is 8.42. The Labute approximate surface area is 225 Å². The van der Waals surface area contributed by atoms with Crippen molar-refractivity contribution < 1.29 is 9.53 Å². The summed E-state index contributed by atoms with van der Waals surface area (Å²) in [5.41, 5.74) is 4.09. The lowest BCUT2D eigenvalue weighted by molar-refractivity contribution is 0.0950. The van der Waals surface area contributed by atoms with Crippen molar-refractivity contribution in [1.29, 1.82) is 0 Å². The minimum Gasteiger partial charge on any atom is -0.438 e. The number of fused-ring (bicyclic) bond motifs is 2. The Morgan fingerprint density at radius 3 is 2.57 bits per heavy atom. The van der Waals surface area contributed by atoms with E-state index in [-0.39, 0.29) is 5.91 Å². The van der Waals surface area contributed by atoms with E-state index in [4.69, 9.17) is 16.3 Å². The van der Waals surface area contributed by atoms with Crippen molar-refractivity contribution in [1.82, 2.24) is 15.2 Å². The molecule has 5 rings (SSSR count). The van der Waals surface area contributed by atoms with Gasteiger partial charge in [0.1, 0.15) is 11.3 Å². The fourth-order valence-electron chi connectivity index (χ4n) is 5.86. The molecule has 2 aliphatic rings. The van der Waals surface area contributed by atoms with Crippen LogP contribution in [0, 0.1) is 0 Å². The van der Waals surface area contributed by atoms with Crippen LogP contribution in [-0.2, 0) is 11.8 Å². The van der Waals surface area contributed by atoms with Crippen LogP contribution < -0.4 is 10.1 Å². The van der Waals surface area contributed by atoms with E-state index in [0.29, 0.717) is 34.2 Å². The van der Waals surface area contributed by atoms with Gasteiger partial charge in [-0.2, -0.15) is 0 Å². The molecule has 194 valence electrons. The molecule has 6 heteroatoms. The van der Waals surface area contributed by atoms with Gasteiger partial charge in [-0.1, -0.05) is 48.7 Å². The Morgan fingerprint density at radius 2 is 1.73 bits per heavy atom. The molecular weight excluding hydrogens is 482 g/mol. The molecule has 1 fully saturated rings. The summed E-state index contributed by atoms with van der Waals surface area (Å²) in [6, 6.07) is 19.6. The maximum atomic E-state index is 12.7. The molecule has 3 aromatic rings. The molecule has 0 radical (unpaired) electrons. The number of hydrogen-bond acceptors (Lipinski definition) is 4. The predicted molar refractivity (Wildman–Crippen MR) is 149 cm³/mol. The summed E-state index contributed by atoms with van der Waals surface area (Å²) in [7, 11) is 0. The summed E-state index contributed by atoms with van der Waals surface area (Å²) in [6.07, 6.45) is 11.3. The molecule has 1 N–H and O–H groups in total. The quantitative estimate of drug-likeness (QED) is 0.300. The maximum absolute atomic E-state index is 12.7. The second-order valence-electron chi connectivity index (χ2n) is 10.4. The number of carbonyl (C=O) groups excluding carboxylic acids is 1. The van der Waals surface area contributed by atoms with Crippen LogP contribution in [0.2, 0.25) is 5.02 Å². The highest BCUT2D eigenvalue weighted by Crippen LogP contribution is 2.46. The number of likely N-dealkylation sites (tertiary alicyclic amines) is 1. The number of unbranched alkanes of at least 4 members (excludes halogenated alkanes) is 3. The van der Waals surface area contributed by atoms with E-state index in [1.54, 1.807) is 53.7 Å². The van der Waals surface area contributed by atoms with Crippen molar-refractivity contribution in [2.75, 3.05) is 26.2 Å². The number of aromatic nitrogens is 1. The minimum absolute atomic E-state index is 0.159. The Bertz CT molecular complexity index is 1190. The van der Waals surface area contributed by atoms with E-state index < -0.39 is 0 Å². The van der Waals surface area contributed by atoms with Crippen molar-refractivity contribution >= 4 is 17.5 Å². The van der Waals surface area contributed by atoms with Crippen LogP contribution >= 0.6 is 11.6 Å². The van der Waals surface area contributed by atoms with E-state index >= 15 is 0 Å². The molecule has 2 heterocycles. The van der Waals surface area contributed by atoms with Crippen molar-refractivity contribution in [3.63, 3.8) is 0 Å². The number of amides is 1. The molecule has 2 aromatic carbocycles. The number of piperidine rings is 1. The monoisotopic (exact) mass is 517 g/mol. The Hall–Kier alpha value is -2.89. The van der Waals surface area contributed by atoms with E-state index in [2.05, 4.69) is 39.5 Å². The second-order valence-corrected chi connectivity index (χ2v) is 10.8. The Morgan fingerprint density at radius 1 is 0.946 bits per heavy atom. The van der Waals surface area contributed by atoms with Crippen molar-refractivity contribution in [3.05, 3.63) is 88.6 Å². The van der Waals surface area contributed by atoms with Crippen LogP contribution in [0.4, 0.5) is 0 Å². The van der Waals surface area contributed by atoms with E-state index in [1.807, 2.05) is 0 Å². The Balaban J connectivity index is 0.980. The highest BCUT2D eigenvalue weighted by molar-refractivity contribution is 6.30. The van der Waals surface area contributed by atoms with Gasteiger partial charge in [-0.3, -0.25) is 4.79 Å². The lowest BCUT2D eigenvalue weighted by Crippen LogP contribution is -2.41. The van der Waals surface area contributed by atoms with Gasteiger partial charge < -0.3 is 15.0 Å². The molecule has 1 spiro atoms. The number of carbonyl (C=O) groups is 1. The molecule has 1 amide bonds. The van der Waals surface area contributed by atoms with Crippen LogP contribution in [0.15, 0.2) is 66.9 Å². The molecular formula is C31H36ClN3O2. The molecule has 1 aliphatic heterocycles. The lowest BCUT2D eigenvalue weighted by atomic mass is 9.74. The summed E-state index contributed by atoms with van der Waals surface area (Å²) in [6.45, 7) is 4.27. The third kappa shape index (κ3) is 6.34.